The number of carbonyl (C=O) groups excluding carboxylic acids is 1. The number of carbonyl (C=O) groups is 1. The summed E-state index contributed by atoms with van der Waals surface area (Å²) in [6.07, 6.45) is 7.43. The molecule has 1 aromatic carbocycles. The van der Waals surface area contributed by atoms with E-state index in [0.29, 0.717) is 13.2 Å². The maximum Gasteiger partial charge on any atom is 0.254 e. The molecule has 0 N–H and O–H groups in total. The van der Waals surface area contributed by atoms with Crippen LogP contribution in [0.4, 0.5) is 0 Å². The van der Waals surface area contributed by atoms with E-state index in [4.69, 9.17) is 4.74 Å². The number of hydrogen-bond acceptors (Lipinski definition) is 3. The number of hydrogen-bond donors (Lipinski definition) is 0. The third-order valence-electron chi connectivity index (χ3n) is 5.43. The first kappa shape index (κ1) is 18.4. The van der Waals surface area contributed by atoms with Crippen LogP contribution in [0.2, 0.25) is 0 Å². The van der Waals surface area contributed by atoms with Crippen LogP contribution in [0.25, 0.3) is 0 Å². The second-order valence-corrected chi connectivity index (χ2v) is 7.34. The van der Waals surface area contributed by atoms with Crippen LogP contribution in [0, 0.1) is 0 Å². The van der Waals surface area contributed by atoms with E-state index < -0.39 is 0 Å². The van der Waals surface area contributed by atoms with Crippen molar-refractivity contribution in [2.24, 2.45) is 0 Å². The fourth-order valence-electron chi connectivity index (χ4n) is 4.05. The number of amides is 1. The van der Waals surface area contributed by atoms with Gasteiger partial charge in [-0.2, -0.15) is 0 Å². The summed E-state index contributed by atoms with van der Waals surface area (Å²) in [6.45, 7) is 7.56. The smallest absolute Gasteiger partial charge is 0.254 e. The molecule has 138 valence electrons. The number of benzene rings is 1. The van der Waals surface area contributed by atoms with Gasteiger partial charge in [0.25, 0.3) is 5.91 Å². The Bertz CT molecular complexity index is 553. The first-order chi connectivity index (χ1) is 12.3. The van der Waals surface area contributed by atoms with Crippen molar-refractivity contribution >= 4 is 5.91 Å². The lowest BCUT2D eigenvalue weighted by Gasteiger charge is -2.25. The zero-order valence-corrected chi connectivity index (χ0v) is 15.6. The molecule has 2 heterocycles. The Kier molecular flexibility index (Phi) is 6.88. The average molecular weight is 344 g/mol. The standard InChI is InChI=1S/C21H32N2O2/c1-2-25-17-20-11-8-14-23(20)21(24)19-10-7-9-18(15-19)16-22-12-5-3-4-6-13-22/h7,9-10,15,20H,2-6,8,11-14,16-17H2,1H3. The van der Waals surface area contributed by atoms with Crippen molar-refractivity contribution in [2.75, 3.05) is 32.8 Å². The van der Waals surface area contributed by atoms with E-state index in [1.807, 2.05) is 24.0 Å². The summed E-state index contributed by atoms with van der Waals surface area (Å²) in [5.41, 5.74) is 2.09. The zero-order chi connectivity index (χ0) is 17.5. The van der Waals surface area contributed by atoms with Gasteiger partial charge in [-0.15, -0.1) is 0 Å². The van der Waals surface area contributed by atoms with Gasteiger partial charge in [-0.05, 0) is 63.4 Å². The van der Waals surface area contributed by atoms with Gasteiger partial charge in [0, 0.05) is 25.3 Å². The number of nitrogens with zero attached hydrogens (tertiary/aromatic N) is 2. The average Bonchev–Trinajstić information content (AvgIpc) is 2.96. The minimum absolute atomic E-state index is 0.167. The molecule has 2 saturated heterocycles. The van der Waals surface area contributed by atoms with Crippen molar-refractivity contribution in [1.82, 2.24) is 9.80 Å². The van der Waals surface area contributed by atoms with Crippen molar-refractivity contribution in [1.29, 1.82) is 0 Å². The Hall–Kier alpha value is -1.39. The molecule has 1 unspecified atom stereocenters. The maximum absolute atomic E-state index is 13.0. The summed E-state index contributed by atoms with van der Waals surface area (Å²) in [6, 6.07) is 8.49. The van der Waals surface area contributed by atoms with Gasteiger partial charge >= 0.3 is 0 Å². The van der Waals surface area contributed by atoms with Crippen LogP contribution in [0.3, 0.4) is 0 Å². The highest BCUT2D eigenvalue weighted by Crippen LogP contribution is 2.21. The molecule has 2 aliphatic rings. The molecule has 2 fully saturated rings. The van der Waals surface area contributed by atoms with E-state index in [-0.39, 0.29) is 11.9 Å². The molecule has 0 radical (unpaired) electrons. The quantitative estimate of drug-likeness (QED) is 0.789. The molecule has 0 saturated carbocycles. The van der Waals surface area contributed by atoms with Gasteiger partial charge in [-0.3, -0.25) is 9.69 Å². The SMILES string of the molecule is CCOCC1CCCN1C(=O)c1cccc(CN2CCCCCC2)c1. The van der Waals surface area contributed by atoms with Crippen LogP contribution in [-0.2, 0) is 11.3 Å². The van der Waals surface area contributed by atoms with Gasteiger partial charge < -0.3 is 9.64 Å². The predicted octanol–water partition coefficient (Wildman–Crippen LogP) is 3.70. The largest absolute Gasteiger partial charge is 0.380 e. The first-order valence-electron chi connectivity index (χ1n) is 9.98. The van der Waals surface area contributed by atoms with Gasteiger partial charge in [0.1, 0.15) is 0 Å². The number of ether oxygens (including phenoxy) is 1. The van der Waals surface area contributed by atoms with Crippen molar-refractivity contribution in [3.8, 4) is 0 Å². The minimum Gasteiger partial charge on any atom is -0.380 e. The topological polar surface area (TPSA) is 32.8 Å². The van der Waals surface area contributed by atoms with Crippen LogP contribution in [0.5, 0.6) is 0 Å². The van der Waals surface area contributed by atoms with E-state index in [1.165, 1.54) is 44.3 Å². The van der Waals surface area contributed by atoms with E-state index in [1.54, 1.807) is 0 Å². The zero-order valence-electron chi connectivity index (χ0n) is 15.6. The highest BCUT2D eigenvalue weighted by molar-refractivity contribution is 5.94. The Morgan fingerprint density at radius 3 is 2.68 bits per heavy atom. The fraction of sp³-hybridized carbons (Fsp3) is 0.667. The number of rotatable bonds is 6. The third kappa shape index (κ3) is 5.05. The van der Waals surface area contributed by atoms with E-state index >= 15 is 0 Å². The Morgan fingerprint density at radius 2 is 1.92 bits per heavy atom. The summed E-state index contributed by atoms with van der Waals surface area (Å²) < 4.78 is 5.57. The van der Waals surface area contributed by atoms with Crippen LogP contribution in [0.15, 0.2) is 24.3 Å². The van der Waals surface area contributed by atoms with Gasteiger partial charge in [-0.1, -0.05) is 25.0 Å². The minimum atomic E-state index is 0.167. The van der Waals surface area contributed by atoms with Crippen molar-refractivity contribution < 1.29 is 9.53 Å². The van der Waals surface area contributed by atoms with Crippen LogP contribution >= 0.6 is 0 Å². The van der Waals surface area contributed by atoms with Crippen LogP contribution in [-0.4, -0.2) is 54.6 Å². The molecule has 25 heavy (non-hydrogen) atoms. The predicted molar refractivity (Wildman–Crippen MR) is 101 cm³/mol. The fourth-order valence-corrected chi connectivity index (χ4v) is 4.05. The second-order valence-electron chi connectivity index (χ2n) is 7.34. The van der Waals surface area contributed by atoms with Crippen LogP contribution in [0.1, 0.15) is 61.4 Å². The second kappa shape index (κ2) is 9.35. The lowest BCUT2D eigenvalue weighted by molar-refractivity contribution is 0.0564. The van der Waals surface area contributed by atoms with Gasteiger partial charge in [-0.25, -0.2) is 0 Å². The molecular formula is C21H32N2O2. The molecule has 2 aliphatic heterocycles. The summed E-state index contributed by atoms with van der Waals surface area (Å²) in [5.74, 6) is 0.167. The Morgan fingerprint density at radius 1 is 1.12 bits per heavy atom. The van der Waals surface area contributed by atoms with Gasteiger partial charge in [0.15, 0.2) is 0 Å². The molecule has 0 aromatic heterocycles. The van der Waals surface area contributed by atoms with Gasteiger partial charge in [0.05, 0.1) is 12.6 Å². The van der Waals surface area contributed by atoms with Gasteiger partial charge in [0.2, 0.25) is 0 Å². The summed E-state index contributed by atoms with van der Waals surface area (Å²) in [5, 5.41) is 0. The van der Waals surface area contributed by atoms with E-state index in [0.717, 1.165) is 31.5 Å². The summed E-state index contributed by atoms with van der Waals surface area (Å²) in [4.78, 5) is 17.5. The lowest BCUT2D eigenvalue weighted by atomic mass is 10.1. The van der Waals surface area contributed by atoms with E-state index in [9.17, 15) is 4.79 Å². The molecule has 0 aliphatic carbocycles. The molecule has 3 rings (SSSR count). The molecule has 4 nitrogen and oxygen atoms in total. The monoisotopic (exact) mass is 344 g/mol. The highest BCUT2D eigenvalue weighted by atomic mass is 16.5. The summed E-state index contributed by atoms with van der Waals surface area (Å²) in [7, 11) is 0. The lowest BCUT2D eigenvalue weighted by Crippen LogP contribution is -2.38. The Labute approximate surface area is 152 Å². The van der Waals surface area contributed by atoms with Crippen molar-refractivity contribution in [3.63, 3.8) is 0 Å². The maximum atomic E-state index is 13.0. The molecule has 4 heteroatoms. The molecular weight excluding hydrogens is 312 g/mol. The molecule has 0 bridgehead atoms. The molecule has 1 amide bonds. The van der Waals surface area contributed by atoms with Crippen molar-refractivity contribution in [3.05, 3.63) is 35.4 Å². The third-order valence-corrected chi connectivity index (χ3v) is 5.43. The first-order valence-corrected chi connectivity index (χ1v) is 9.98. The van der Waals surface area contributed by atoms with Crippen LogP contribution < -0.4 is 0 Å². The van der Waals surface area contributed by atoms with E-state index in [2.05, 4.69) is 17.0 Å². The van der Waals surface area contributed by atoms with Crippen molar-refractivity contribution in [2.45, 2.75) is 58.0 Å². The molecule has 1 atom stereocenters. The normalized spacial score (nSPS) is 22.1. The summed E-state index contributed by atoms with van der Waals surface area (Å²) >= 11 is 0. The molecule has 0 spiro atoms. The molecule has 1 aromatic rings. The number of likely N-dealkylation sites (tertiary alicyclic amines) is 2. The highest BCUT2D eigenvalue weighted by Gasteiger charge is 2.29. The Balaban J connectivity index is 1.64.